The Labute approximate surface area is 108 Å². The van der Waals surface area contributed by atoms with E-state index in [1.54, 1.807) is 6.07 Å². The van der Waals surface area contributed by atoms with Gasteiger partial charge in [0.25, 0.3) is 0 Å². The smallest absolute Gasteiger partial charge is 0.224 e. The Morgan fingerprint density at radius 2 is 2.17 bits per heavy atom. The molecule has 18 heavy (non-hydrogen) atoms. The minimum absolute atomic E-state index is 0.0510. The molecule has 1 aromatic carbocycles. The van der Waals surface area contributed by atoms with Crippen molar-refractivity contribution in [3.8, 4) is 5.75 Å². The molecular weight excluding hydrogens is 259 g/mol. The summed E-state index contributed by atoms with van der Waals surface area (Å²) in [6.07, 6.45) is 1.37. The molecule has 0 aliphatic rings. The number of ether oxygens (including phenoxy) is 1. The van der Waals surface area contributed by atoms with E-state index >= 15 is 0 Å². The molecule has 0 atom stereocenters. The maximum atomic E-state index is 13.3. The molecular formula is C11H10ClFN4O. The summed E-state index contributed by atoms with van der Waals surface area (Å²) in [5.41, 5.74) is 6.43. The molecule has 0 amide bonds. The summed E-state index contributed by atoms with van der Waals surface area (Å²) in [6.45, 7) is 0. The lowest BCUT2D eigenvalue weighted by Gasteiger charge is -2.09. The third kappa shape index (κ3) is 2.78. The second kappa shape index (κ2) is 5.05. The van der Waals surface area contributed by atoms with Gasteiger partial charge in [-0.15, -0.1) is 0 Å². The lowest BCUT2D eigenvalue weighted by Crippen LogP contribution is -2.01. The second-order valence-electron chi connectivity index (χ2n) is 3.45. The number of hydrogen-bond acceptors (Lipinski definition) is 5. The third-order valence-electron chi connectivity index (χ3n) is 2.16. The number of benzene rings is 1. The van der Waals surface area contributed by atoms with Crippen molar-refractivity contribution in [3.63, 3.8) is 0 Å². The summed E-state index contributed by atoms with van der Waals surface area (Å²) in [7, 11) is 1.45. The molecule has 5 nitrogen and oxygen atoms in total. The van der Waals surface area contributed by atoms with E-state index in [0.29, 0.717) is 22.9 Å². The summed E-state index contributed by atoms with van der Waals surface area (Å²) in [4.78, 5) is 7.63. The normalized spacial score (nSPS) is 10.2. The fourth-order valence-corrected chi connectivity index (χ4v) is 1.49. The number of nitrogen functional groups attached to an aromatic ring is 1. The van der Waals surface area contributed by atoms with Crippen LogP contribution in [0.3, 0.4) is 0 Å². The first kappa shape index (κ1) is 12.4. The number of nitrogens with two attached hydrogens (primary N) is 1. The van der Waals surface area contributed by atoms with Crippen molar-refractivity contribution < 1.29 is 9.13 Å². The van der Waals surface area contributed by atoms with Gasteiger partial charge < -0.3 is 15.8 Å². The van der Waals surface area contributed by atoms with Crippen LogP contribution in [0.25, 0.3) is 0 Å². The van der Waals surface area contributed by atoms with E-state index in [1.807, 2.05) is 0 Å². The summed E-state index contributed by atoms with van der Waals surface area (Å²) in [5.74, 6) is 0.259. The van der Waals surface area contributed by atoms with Crippen LogP contribution in [0.15, 0.2) is 24.4 Å². The highest BCUT2D eigenvalue weighted by Gasteiger charge is 2.06. The van der Waals surface area contributed by atoms with E-state index in [0.717, 1.165) is 0 Å². The lowest BCUT2D eigenvalue weighted by atomic mass is 10.3. The van der Waals surface area contributed by atoms with Crippen molar-refractivity contribution in [1.82, 2.24) is 9.97 Å². The number of halogens is 2. The molecule has 3 N–H and O–H groups in total. The van der Waals surface area contributed by atoms with E-state index < -0.39 is 5.82 Å². The average molecular weight is 269 g/mol. The van der Waals surface area contributed by atoms with Crippen LogP contribution in [-0.2, 0) is 0 Å². The zero-order valence-electron chi connectivity index (χ0n) is 9.45. The van der Waals surface area contributed by atoms with E-state index in [2.05, 4.69) is 15.3 Å². The Kier molecular flexibility index (Phi) is 3.47. The molecule has 0 aliphatic heterocycles. The van der Waals surface area contributed by atoms with Gasteiger partial charge >= 0.3 is 0 Å². The Morgan fingerprint density at radius 3 is 2.89 bits per heavy atom. The largest absolute Gasteiger partial charge is 0.497 e. The number of aromatic nitrogens is 2. The molecule has 0 saturated carbocycles. The fraction of sp³-hybridized carbons (Fsp3) is 0.0909. The van der Waals surface area contributed by atoms with Gasteiger partial charge in [-0.05, 0) is 17.7 Å². The predicted octanol–water partition coefficient (Wildman–Crippen LogP) is 2.60. The third-order valence-corrected chi connectivity index (χ3v) is 2.34. The van der Waals surface area contributed by atoms with E-state index in [4.69, 9.17) is 22.1 Å². The first-order chi connectivity index (χ1) is 8.58. The van der Waals surface area contributed by atoms with Crippen molar-refractivity contribution in [1.29, 1.82) is 0 Å². The number of nitrogens with zero attached hydrogens (tertiary/aromatic N) is 2. The summed E-state index contributed by atoms with van der Waals surface area (Å²) >= 11 is 5.66. The molecule has 0 aliphatic carbocycles. The topological polar surface area (TPSA) is 73.1 Å². The van der Waals surface area contributed by atoms with Crippen molar-refractivity contribution in [3.05, 3.63) is 35.5 Å². The van der Waals surface area contributed by atoms with Gasteiger partial charge in [-0.2, -0.15) is 4.98 Å². The van der Waals surface area contributed by atoms with Gasteiger partial charge in [0.2, 0.25) is 5.28 Å². The molecule has 94 valence electrons. The van der Waals surface area contributed by atoms with Gasteiger partial charge in [0.1, 0.15) is 11.6 Å². The van der Waals surface area contributed by atoms with Crippen LogP contribution in [0.5, 0.6) is 5.75 Å². The number of methoxy groups -OCH3 is 1. The molecule has 0 saturated heterocycles. The molecule has 1 aromatic heterocycles. The minimum atomic E-state index is -0.435. The standard InChI is InChI=1S/C11H10ClFN4O/c1-18-8-3-6(13)2-7(4-8)16-10-9(14)5-15-11(12)17-10/h2-5H,14H2,1H3,(H,15,16,17). The number of rotatable bonds is 3. The van der Waals surface area contributed by atoms with Gasteiger partial charge in [0.05, 0.1) is 19.0 Å². The quantitative estimate of drug-likeness (QED) is 0.837. The fourth-order valence-electron chi connectivity index (χ4n) is 1.36. The predicted molar refractivity (Wildman–Crippen MR) is 67.7 cm³/mol. The maximum Gasteiger partial charge on any atom is 0.224 e. The van der Waals surface area contributed by atoms with E-state index in [1.165, 1.54) is 25.4 Å². The highest BCUT2D eigenvalue weighted by molar-refractivity contribution is 6.28. The minimum Gasteiger partial charge on any atom is -0.497 e. The van der Waals surface area contributed by atoms with Crippen LogP contribution in [0.4, 0.5) is 21.6 Å². The highest BCUT2D eigenvalue weighted by Crippen LogP contribution is 2.25. The van der Waals surface area contributed by atoms with E-state index in [9.17, 15) is 4.39 Å². The Bertz CT molecular complexity index is 579. The maximum absolute atomic E-state index is 13.3. The second-order valence-corrected chi connectivity index (χ2v) is 3.79. The lowest BCUT2D eigenvalue weighted by molar-refractivity contribution is 0.411. The summed E-state index contributed by atoms with van der Waals surface area (Å²) in [6, 6.07) is 4.16. The Hall–Kier alpha value is -2.08. The summed E-state index contributed by atoms with van der Waals surface area (Å²) < 4.78 is 18.2. The first-order valence-electron chi connectivity index (χ1n) is 4.98. The van der Waals surface area contributed by atoms with Crippen LogP contribution in [0, 0.1) is 5.82 Å². The van der Waals surface area contributed by atoms with Crippen LogP contribution < -0.4 is 15.8 Å². The Morgan fingerprint density at radius 1 is 1.39 bits per heavy atom. The number of anilines is 3. The summed E-state index contributed by atoms with van der Waals surface area (Å²) in [5, 5.41) is 2.90. The van der Waals surface area contributed by atoms with E-state index in [-0.39, 0.29) is 5.28 Å². The van der Waals surface area contributed by atoms with Gasteiger partial charge in [0.15, 0.2) is 5.82 Å². The molecule has 2 aromatic rings. The molecule has 0 fully saturated rings. The average Bonchev–Trinajstić information content (AvgIpc) is 2.33. The molecule has 0 radical (unpaired) electrons. The van der Waals surface area contributed by atoms with Crippen molar-refractivity contribution in [2.45, 2.75) is 0 Å². The zero-order chi connectivity index (χ0) is 13.1. The number of hydrogen-bond donors (Lipinski definition) is 2. The SMILES string of the molecule is COc1cc(F)cc(Nc2nc(Cl)ncc2N)c1. The Balaban J connectivity index is 2.33. The van der Waals surface area contributed by atoms with Gasteiger partial charge in [-0.3, -0.25) is 0 Å². The van der Waals surface area contributed by atoms with Gasteiger partial charge in [0, 0.05) is 17.8 Å². The molecule has 0 spiro atoms. The monoisotopic (exact) mass is 268 g/mol. The first-order valence-corrected chi connectivity index (χ1v) is 5.36. The van der Waals surface area contributed by atoms with Crippen LogP contribution >= 0.6 is 11.6 Å². The van der Waals surface area contributed by atoms with Crippen LogP contribution in [0.1, 0.15) is 0 Å². The van der Waals surface area contributed by atoms with Crippen LogP contribution in [-0.4, -0.2) is 17.1 Å². The zero-order valence-corrected chi connectivity index (χ0v) is 10.2. The highest BCUT2D eigenvalue weighted by atomic mass is 35.5. The molecule has 2 rings (SSSR count). The van der Waals surface area contributed by atoms with Crippen molar-refractivity contribution in [2.24, 2.45) is 0 Å². The van der Waals surface area contributed by atoms with Gasteiger partial charge in [-0.25, -0.2) is 9.37 Å². The van der Waals surface area contributed by atoms with Crippen molar-refractivity contribution >= 4 is 28.8 Å². The van der Waals surface area contributed by atoms with Crippen molar-refractivity contribution in [2.75, 3.05) is 18.2 Å². The molecule has 0 bridgehead atoms. The molecule has 0 unspecified atom stereocenters. The molecule has 1 heterocycles. The number of nitrogens with one attached hydrogen (secondary N) is 1. The molecule has 7 heteroatoms. The van der Waals surface area contributed by atoms with Gasteiger partial charge in [-0.1, -0.05) is 0 Å². The van der Waals surface area contributed by atoms with Crippen LogP contribution in [0.2, 0.25) is 5.28 Å².